The van der Waals surface area contributed by atoms with Crippen LogP contribution in [0.1, 0.15) is 35.6 Å². The van der Waals surface area contributed by atoms with Crippen molar-refractivity contribution in [3.8, 4) is 5.69 Å². The Morgan fingerprint density at radius 3 is 2.50 bits per heavy atom. The highest BCUT2D eigenvalue weighted by molar-refractivity contribution is 5.92. The number of aromatic nitrogens is 3. The summed E-state index contributed by atoms with van der Waals surface area (Å²) < 4.78 is 1.69. The smallest absolute Gasteiger partial charge is 0.248 e. The van der Waals surface area contributed by atoms with Crippen molar-refractivity contribution in [1.82, 2.24) is 15.0 Å². The van der Waals surface area contributed by atoms with E-state index in [9.17, 15) is 9.90 Å². The van der Waals surface area contributed by atoms with Crippen molar-refractivity contribution in [2.45, 2.75) is 26.9 Å². The number of nitrogens with zero attached hydrogens (tertiary/aromatic N) is 3. The highest BCUT2D eigenvalue weighted by Crippen LogP contribution is 2.17. The maximum atomic E-state index is 11.1. The number of primary amides is 1. The van der Waals surface area contributed by atoms with Crippen LogP contribution in [-0.2, 0) is 13.0 Å². The quantitative estimate of drug-likeness (QED) is 0.852. The number of aliphatic hydroxyl groups is 1. The number of aliphatic hydroxyl groups excluding tert-OH is 1. The fourth-order valence-electron chi connectivity index (χ4n) is 2.02. The Kier molecular flexibility index (Phi) is 4.14. The second-order valence-corrected chi connectivity index (χ2v) is 5.06. The van der Waals surface area contributed by atoms with Crippen LogP contribution in [0.2, 0.25) is 0 Å². The molecule has 0 spiro atoms. The van der Waals surface area contributed by atoms with Gasteiger partial charge in [0.15, 0.2) is 0 Å². The van der Waals surface area contributed by atoms with E-state index in [-0.39, 0.29) is 6.61 Å². The van der Waals surface area contributed by atoms with Gasteiger partial charge < -0.3 is 10.8 Å². The Morgan fingerprint density at radius 1 is 1.35 bits per heavy atom. The molecule has 6 nitrogen and oxygen atoms in total. The zero-order valence-corrected chi connectivity index (χ0v) is 11.6. The Hall–Kier alpha value is -2.21. The van der Waals surface area contributed by atoms with Crippen molar-refractivity contribution in [2.24, 2.45) is 11.7 Å². The first-order valence-corrected chi connectivity index (χ1v) is 6.47. The van der Waals surface area contributed by atoms with Gasteiger partial charge in [-0.2, -0.15) is 0 Å². The minimum absolute atomic E-state index is 0.137. The lowest BCUT2D eigenvalue weighted by Gasteiger charge is -2.10. The molecule has 0 bridgehead atoms. The summed E-state index contributed by atoms with van der Waals surface area (Å²) in [5.41, 5.74) is 7.92. The molecule has 1 heterocycles. The van der Waals surface area contributed by atoms with Crippen molar-refractivity contribution in [2.75, 3.05) is 0 Å². The molecule has 0 radical (unpaired) electrons. The fourth-order valence-corrected chi connectivity index (χ4v) is 2.02. The molecule has 3 N–H and O–H groups in total. The minimum Gasteiger partial charge on any atom is -0.390 e. The van der Waals surface area contributed by atoms with E-state index in [0.717, 1.165) is 17.8 Å². The van der Waals surface area contributed by atoms with E-state index in [1.807, 2.05) is 0 Å². The van der Waals surface area contributed by atoms with Crippen LogP contribution in [0, 0.1) is 5.92 Å². The molecule has 0 unspecified atom stereocenters. The Labute approximate surface area is 117 Å². The monoisotopic (exact) mass is 274 g/mol. The Morgan fingerprint density at radius 2 is 2.00 bits per heavy atom. The second-order valence-electron chi connectivity index (χ2n) is 5.06. The van der Waals surface area contributed by atoms with Crippen molar-refractivity contribution in [3.63, 3.8) is 0 Å². The summed E-state index contributed by atoms with van der Waals surface area (Å²) in [5.74, 6) is -0.0453. The van der Waals surface area contributed by atoms with Gasteiger partial charge in [0.05, 0.1) is 18.0 Å². The van der Waals surface area contributed by atoms with Gasteiger partial charge >= 0.3 is 0 Å². The Balaban J connectivity index is 2.41. The molecule has 1 aromatic heterocycles. The van der Waals surface area contributed by atoms with Gasteiger partial charge in [0.25, 0.3) is 0 Å². The molecule has 0 atom stereocenters. The number of carbonyl (C=O) groups is 1. The van der Waals surface area contributed by atoms with Gasteiger partial charge in [-0.1, -0.05) is 19.1 Å². The van der Waals surface area contributed by atoms with Crippen LogP contribution in [0.4, 0.5) is 0 Å². The van der Waals surface area contributed by atoms with E-state index < -0.39 is 5.91 Å². The van der Waals surface area contributed by atoms with Gasteiger partial charge in [-0.15, -0.1) is 5.10 Å². The first-order valence-electron chi connectivity index (χ1n) is 6.47. The van der Waals surface area contributed by atoms with E-state index in [1.54, 1.807) is 28.9 Å². The number of amides is 1. The first kappa shape index (κ1) is 14.2. The third-order valence-electron chi connectivity index (χ3n) is 2.99. The van der Waals surface area contributed by atoms with Crippen molar-refractivity contribution < 1.29 is 9.90 Å². The minimum atomic E-state index is -0.464. The zero-order valence-electron chi connectivity index (χ0n) is 11.6. The van der Waals surface area contributed by atoms with E-state index in [4.69, 9.17) is 5.73 Å². The van der Waals surface area contributed by atoms with Gasteiger partial charge in [-0.05, 0) is 36.6 Å². The fraction of sp³-hybridized carbons (Fsp3) is 0.357. The highest BCUT2D eigenvalue weighted by Gasteiger charge is 2.15. The topological polar surface area (TPSA) is 94.0 Å². The average Bonchev–Trinajstić information content (AvgIpc) is 2.81. The third kappa shape index (κ3) is 2.85. The summed E-state index contributed by atoms with van der Waals surface area (Å²) in [6.07, 6.45) is 0.764. The number of carbonyl (C=O) groups excluding carboxylic acids is 1. The number of hydrogen-bond acceptors (Lipinski definition) is 4. The molecule has 6 heteroatoms. The van der Waals surface area contributed by atoms with Gasteiger partial charge in [0.1, 0.15) is 5.69 Å². The lowest BCUT2D eigenvalue weighted by molar-refractivity contribution is 0.100. The van der Waals surface area contributed by atoms with E-state index in [0.29, 0.717) is 17.2 Å². The van der Waals surface area contributed by atoms with E-state index >= 15 is 0 Å². The maximum absolute atomic E-state index is 11.1. The van der Waals surface area contributed by atoms with Crippen LogP contribution in [0.15, 0.2) is 24.3 Å². The predicted octanol–water partition coefficient (Wildman–Crippen LogP) is 1.06. The van der Waals surface area contributed by atoms with Crippen LogP contribution in [0.3, 0.4) is 0 Å². The molecule has 1 amide bonds. The SMILES string of the molecule is CC(C)Cc1c(CO)nnn1-c1ccc(C(N)=O)cc1. The summed E-state index contributed by atoms with van der Waals surface area (Å²) >= 11 is 0. The van der Waals surface area contributed by atoms with E-state index in [2.05, 4.69) is 24.2 Å². The molecule has 0 fully saturated rings. The Bertz CT molecular complexity index is 602. The average molecular weight is 274 g/mol. The number of nitrogens with two attached hydrogens (primary N) is 1. The molecule has 0 aliphatic carbocycles. The summed E-state index contributed by atoms with van der Waals surface area (Å²) in [7, 11) is 0. The number of benzene rings is 1. The molecule has 2 rings (SSSR count). The largest absolute Gasteiger partial charge is 0.390 e. The van der Waals surface area contributed by atoms with Crippen molar-refractivity contribution >= 4 is 5.91 Å². The summed E-state index contributed by atoms with van der Waals surface area (Å²) in [5, 5.41) is 17.4. The van der Waals surface area contributed by atoms with E-state index in [1.165, 1.54) is 0 Å². The van der Waals surface area contributed by atoms with Crippen molar-refractivity contribution in [3.05, 3.63) is 41.2 Å². The molecule has 20 heavy (non-hydrogen) atoms. The predicted molar refractivity (Wildman–Crippen MR) is 74.3 cm³/mol. The van der Waals surface area contributed by atoms with Gasteiger partial charge in [0, 0.05) is 5.56 Å². The summed E-state index contributed by atoms with van der Waals surface area (Å²) in [4.78, 5) is 11.1. The number of hydrogen-bond donors (Lipinski definition) is 2. The van der Waals surface area contributed by atoms with Gasteiger partial charge in [-0.25, -0.2) is 4.68 Å². The molecule has 0 saturated heterocycles. The molecular weight excluding hydrogens is 256 g/mol. The first-order chi connectivity index (χ1) is 9.52. The standard InChI is InChI=1S/C14H18N4O2/c1-9(2)7-13-12(8-19)16-17-18(13)11-5-3-10(4-6-11)14(15)20/h3-6,9,19H,7-8H2,1-2H3,(H2,15,20). The molecule has 0 aliphatic rings. The van der Waals surface area contributed by atoms with Crippen LogP contribution in [0.25, 0.3) is 5.69 Å². The maximum Gasteiger partial charge on any atom is 0.248 e. The molecule has 1 aromatic carbocycles. The van der Waals surface area contributed by atoms with Gasteiger partial charge in [0.2, 0.25) is 5.91 Å². The molecular formula is C14H18N4O2. The van der Waals surface area contributed by atoms with Crippen LogP contribution < -0.4 is 5.73 Å². The van der Waals surface area contributed by atoms with Crippen molar-refractivity contribution in [1.29, 1.82) is 0 Å². The normalized spacial score (nSPS) is 11.0. The molecule has 2 aromatic rings. The van der Waals surface area contributed by atoms with Crippen LogP contribution >= 0.6 is 0 Å². The molecule has 0 aliphatic heterocycles. The summed E-state index contributed by atoms with van der Waals surface area (Å²) in [6.45, 7) is 4.05. The number of rotatable bonds is 5. The van der Waals surface area contributed by atoms with Crippen LogP contribution in [-0.4, -0.2) is 26.0 Å². The highest BCUT2D eigenvalue weighted by atomic mass is 16.3. The lowest BCUT2D eigenvalue weighted by Crippen LogP contribution is -2.11. The lowest BCUT2D eigenvalue weighted by atomic mass is 10.1. The zero-order chi connectivity index (χ0) is 14.7. The van der Waals surface area contributed by atoms with Gasteiger partial charge in [-0.3, -0.25) is 4.79 Å². The third-order valence-corrected chi connectivity index (χ3v) is 2.99. The summed E-state index contributed by atoms with van der Waals surface area (Å²) in [6, 6.07) is 6.83. The second kappa shape index (κ2) is 5.83. The molecule has 0 saturated carbocycles. The van der Waals surface area contributed by atoms with Crippen LogP contribution in [0.5, 0.6) is 0 Å². The molecule has 106 valence electrons.